The van der Waals surface area contributed by atoms with E-state index in [9.17, 15) is 18.0 Å². The Bertz CT molecular complexity index is 634. The molecule has 0 radical (unpaired) electrons. The number of carbonyl (C=O) groups is 2. The van der Waals surface area contributed by atoms with Crippen molar-refractivity contribution in [1.82, 2.24) is 19.4 Å². The van der Waals surface area contributed by atoms with Gasteiger partial charge in [-0.2, -0.15) is 17.4 Å². The van der Waals surface area contributed by atoms with Crippen LogP contribution in [0, 0.1) is 11.3 Å². The summed E-state index contributed by atoms with van der Waals surface area (Å²) in [6, 6.07) is -1.12. The number of hydrogen-bond donors (Lipinski definition) is 3. The summed E-state index contributed by atoms with van der Waals surface area (Å²) < 4.78 is 34.2. The fraction of sp³-hybridized carbons (Fsp3) is 0.875. The van der Waals surface area contributed by atoms with Gasteiger partial charge in [-0.15, -0.1) is 0 Å². The Labute approximate surface area is 160 Å². The lowest BCUT2D eigenvalue weighted by Gasteiger charge is -2.36. The van der Waals surface area contributed by atoms with E-state index in [1.807, 2.05) is 0 Å². The molecule has 0 aromatic rings. The van der Waals surface area contributed by atoms with Crippen molar-refractivity contribution in [3.05, 3.63) is 0 Å². The standard InChI is InChI=1S/C16H30N4O6S/c1-16(2,3)13(14(21)17-23)18-27(24,25)20-6-4-12(5-7-20)15(22)19-8-10-26-11-9-19/h12-13,18,23H,4-11H2,1-3H3,(H,17,21)/t13-/m0/s1. The number of nitrogens with one attached hydrogen (secondary N) is 2. The largest absolute Gasteiger partial charge is 0.378 e. The number of nitrogens with zero attached hydrogens (tertiary/aromatic N) is 2. The maximum atomic E-state index is 12.7. The van der Waals surface area contributed by atoms with Gasteiger partial charge in [0.15, 0.2) is 0 Å². The molecule has 10 nitrogen and oxygen atoms in total. The SMILES string of the molecule is CC(C)(C)[C@@H](NS(=O)(=O)N1CCC(C(=O)N2CCOCC2)CC1)C(=O)NO. The molecule has 0 aromatic heterocycles. The van der Waals surface area contributed by atoms with E-state index < -0.39 is 27.6 Å². The molecule has 0 unspecified atom stereocenters. The molecule has 0 aliphatic carbocycles. The Hall–Kier alpha value is -1.27. The summed E-state index contributed by atoms with van der Waals surface area (Å²) in [6.07, 6.45) is 0.868. The predicted molar refractivity (Wildman–Crippen MR) is 96.9 cm³/mol. The quantitative estimate of drug-likeness (QED) is 0.410. The highest BCUT2D eigenvalue weighted by molar-refractivity contribution is 7.87. The Morgan fingerprint density at radius 3 is 2.15 bits per heavy atom. The highest BCUT2D eigenvalue weighted by atomic mass is 32.2. The van der Waals surface area contributed by atoms with Crippen LogP contribution in [-0.4, -0.2) is 80.1 Å². The summed E-state index contributed by atoms with van der Waals surface area (Å²) in [6.45, 7) is 7.70. The third-order valence-electron chi connectivity index (χ3n) is 4.97. The van der Waals surface area contributed by atoms with E-state index >= 15 is 0 Å². The van der Waals surface area contributed by atoms with Crippen molar-refractivity contribution in [3.63, 3.8) is 0 Å². The number of ether oxygens (including phenoxy) is 1. The highest BCUT2D eigenvalue weighted by Gasteiger charge is 2.39. The monoisotopic (exact) mass is 406 g/mol. The minimum Gasteiger partial charge on any atom is -0.378 e. The van der Waals surface area contributed by atoms with E-state index in [1.165, 1.54) is 9.79 Å². The van der Waals surface area contributed by atoms with E-state index in [4.69, 9.17) is 9.94 Å². The van der Waals surface area contributed by atoms with Crippen molar-refractivity contribution in [2.45, 2.75) is 39.7 Å². The average molecular weight is 407 g/mol. The van der Waals surface area contributed by atoms with Crippen LogP contribution in [0.2, 0.25) is 0 Å². The van der Waals surface area contributed by atoms with E-state index in [2.05, 4.69) is 4.72 Å². The van der Waals surface area contributed by atoms with Crippen LogP contribution in [0.3, 0.4) is 0 Å². The van der Waals surface area contributed by atoms with Gasteiger partial charge < -0.3 is 9.64 Å². The lowest BCUT2D eigenvalue weighted by Crippen LogP contribution is -2.57. The van der Waals surface area contributed by atoms with Crippen LogP contribution < -0.4 is 10.2 Å². The third kappa shape index (κ3) is 5.61. The number of rotatable bonds is 5. The molecule has 0 spiro atoms. The van der Waals surface area contributed by atoms with E-state index in [0.717, 1.165) is 0 Å². The Kier molecular flexibility index (Phi) is 7.20. The molecule has 2 aliphatic rings. The van der Waals surface area contributed by atoms with Gasteiger partial charge in [0.05, 0.1) is 13.2 Å². The molecule has 2 aliphatic heterocycles. The van der Waals surface area contributed by atoms with E-state index in [1.54, 1.807) is 25.7 Å². The number of hydrogen-bond acceptors (Lipinski definition) is 6. The predicted octanol–water partition coefficient (Wildman–Crippen LogP) is -0.688. The Morgan fingerprint density at radius 1 is 1.11 bits per heavy atom. The molecule has 2 saturated heterocycles. The normalized spacial score (nSPS) is 21.7. The average Bonchev–Trinajstić information content (AvgIpc) is 2.65. The zero-order valence-corrected chi connectivity index (χ0v) is 16.9. The van der Waals surface area contributed by atoms with E-state index in [-0.39, 0.29) is 24.9 Å². The summed E-state index contributed by atoms with van der Waals surface area (Å²) in [4.78, 5) is 26.2. The summed E-state index contributed by atoms with van der Waals surface area (Å²) in [5, 5.41) is 8.90. The molecule has 2 fully saturated rings. The maximum absolute atomic E-state index is 12.7. The van der Waals surface area contributed by atoms with Crippen LogP contribution in [-0.2, 0) is 24.5 Å². The molecule has 0 aromatic carbocycles. The number of amides is 2. The van der Waals surface area contributed by atoms with Crippen LogP contribution >= 0.6 is 0 Å². The fourth-order valence-electron chi connectivity index (χ4n) is 3.30. The molecule has 0 bridgehead atoms. The molecular formula is C16H30N4O6S. The van der Waals surface area contributed by atoms with Crippen molar-refractivity contribution in [2.24, 2.45) is 11.3 Å². The van der Waals surface area contributed by atoms with Crippen LogP contribution in [0.4, 0.5) is 0 Å². The summed E-state index contributed by atoms with van der Waals surface area (Å²) in [7, 11) is -3.93. The second kappa shape index (κ2) is 8.82. The minimum absolute atomic E-state index is 0.0514. The Balaban J connectivity index is 1.97. The molecule has 11 heteroatoms. The Morgan fingerprint density at radius 2 is 1.67 bits per heavy atom. The van der Waals surface area contributed by atoms with Gasteiger partial charge in [-0.25, -0.2) is 5.48 Å². The molecule has 2 rings (SSSR count). The first-order valence-corrected chi connectivity index (χ1v) is 10.6. The molecule has 0 saturated carbocycles. The summed E-state index contributed by atoms with van der Waals surface area (Å²) in [5.74, 6) is -0.965. The van der Waals surface area contributed by atoms with Gasteiger partial charge >= 0.3 is 0 Å². The molecule has 156 valence electrons. The van der Waals surface area contributed by atoms with Crippen molar-refractivity contribution in [1.29, 1.82) is 0 Å². The lowest BCUT2D eigenvalue weighted by atomic mass is 9.87. The molecule has 2 heterocycles. The van der Waals surface area contributed by atoms with Gasteiger partial charge in [-0.05, 0) is 18.3 Å². The van der Waals surface area contributed by atoms with Crippen molar-refractivity contribution in [3.8, 4) is 0 Å². The summed E-state index contributed by atoms with van der Waals surface area (Å²) in [5.41, 5.74) is 0.779. The maximum Gasteiger partial charge on any atom is 0.280 e. The van der Waals surface area contributed by atoms with Gasteiger partial charge in [0.2, 0.25) is 5.91 Å². The molecule has 2 amide bonds. The number of carbonyl (C=O) groups excluding carboxylic acids is 2. The van der Waals surface area contributed by atoms with Gasteiger partial charge in [0.25, 0.3) is 16.1 Å². The topological polar surface area (TPSA) is 128 Å². The molecule has 27 heavy (non-hydrogen) atoms. The first-order chi connectivity index (χ1) is 12.6. The van der Waals surface area contributed by atoms with Crippen molar-refractivity contribution < 1.29 is 28.0 Å². The first-order valence-electron chi connectivity index (χ1n) is 9.14. The van der Waals surface area contributed by atoms with Crippen molar-refractivity contribution >= 4 is 22.0 Å². The zero-order chi connectivity index (χ0) is 20.2. The van der Waals surface area contributed by atoms with Gasteiger partial charge in [0, 0.05) is 32.1 Å². The lowest BCUT2D eigenvalue weighted by molar-refractivity contribution is -0.140. The van der Waals surface area contributed by atoms with Crippen LogP contribution in [0.5, 0.6) is 0 Å². The first kappa shape index (κ1) is 22.0. The zero-order valence-electron chi connectivity index (χ0n) is 16.1. The number of morpholine rings is 1. The number of piperidine rings is 1. The van der Waals surface area contributed by atoms with Crippen LogP contribution in [0.1, 0.15) is 33.6 Å². The van der Waals surface area contributed by atoms with Crippen LogP contribution in [0.25, 0.3) is 0 Å². The second-order valence-electron chi connectivity index (χ2n) is 8.01. The van der Waals surface area contributed by atoms with Gasteiger partial charge in [-0.3, -0.25) is 14.8 Å². The smallest absolute Gasteiger partial charge is 0.280 e. The van der Waals surface area contributed by atoms with Crippen molar-refractivity contribution in [2.75, 3.05) is 39.4 Å². The summed E-state index contributed by atoms with van der Waals surface area (Å²) >= 11 is 0. The minimum atomic E-state index is -3.93. The molecule has 1 atom stereocenters. The van der Waals surface area contributed by atoms with Gasteiger partial charge in [0.1, 0.15) is 6.04 Å². The number of hydroxylamine groups is 1. The fourth-order valence-corrected chi connectivity index (χ4v) is 4.90. The van der Waals surface area contributed by atoms with Crippen LogP contribution in [0.15, 0.2) is 0 Å². The van der Waals surface area contributed by atoms with Gasteiger partial charge in [-0.1, -0.05) is 20.8 Å². The van der Waals surface area contributed by atoms with E-state index in [0.29, 0.717) is 39.1 Å². The second-order valence-corrected chi connectivity index (χ2v) is 9.71. The highest BCUT2D eigenvalue weighted by Crippen LogP contribution is 2.24. The molecular weight excluding hydrogens is 376 g/mol. The third-order valence-corrected chi connectivity index (χ3v) is 6.55. The molecule has 3 N–H and O–H groups in total.